The van der Waals surface area contributed by atoms with Crippen molar-refractivity contribution in [2.75, 3.05) is 0 Å². The van der Waals surface area contributed by atoms with Gasteiger partial charge in [-0.25, -0.2) is 0 Å². The van der Waals surface area contributed by atoms with Crippen LogP contribution in [-0.4, -0.2) is 4.98 Å². The zero-order chi connectivity index (χ0) is 8.97. The quantitative estimate of drug-likeness (QED) is 0.912. The van der Waals surface area contributed by atoms with Crippen molar-refractivity contribution < 1.29 is 0 Å². The van der Waals surface area contributed by atoms with Gasteiger partial charge in [-0.1, -0.05) is 13.3 Å². The van der Waals surface area contributed by atoms with Crippen molar-refractivity contribution in [3.8, 4) is 0 Å². The van der Waals surface area contributed by atoms with Gasteiger partial charge in [-0.15, -0.1) is 12.4 Å². The molecule has 1 atom stereocenters. The Hall–Kier alpha value is -0.120. The van der Waals surface area contributed by atoms with Gasteiger partial charge in [-0.2, -0.15) is 0 Å². The van der Waals surface area contributed by atoms with E-state index in [0.717, 1.165) is 23.0 Å². The van der Waals surface area contributed by atoms with Gasteiger partial charge in [0.15, 0.2) is 0 Å². The van der Waals surface area contributed by atoms with Crippen LogP contribution < -0.4 is 5.73 Å². The molecule has 0 saturated carbocycles. The van der Waals surface area contributed by atoms with Gasteiger partial charge in [0.05, 0.1) is 5.69 Å². The molecular weight excluding hydrogens is 251 g/mol. The second kappa shape index (κ2) is 6.35. The van der Waals surface area contributed by atoms with E-state index in [1.165, 1.54) is 0 Å². The SMILES string of the molecule is CCC[C@@H](N)c1ccc(Br)cn1.Cl. The van der Waals surface area contributed by atoms with Crippen LogP contribution in [-0.2, 0) is 0 Å². The molecule has 0 amide bonds. The molecule has 0 aliphatic heterocycles. The Labute approximate surface area is 93.5 Å². The maximum absolute atomic E-state index is 5.88. The Bertz CT molecular complexity index is 238. The molecule has 0 radical (unpaired) electrons. The van der Waals surface area contributed by atoms with Gasteiger partial charge in [0.25, 0.3) is 0 Å². The predicted molar refractivity (Wildman–Crippen MR) is 61.0 cm³/mol. The molecule has 1 aromatic rings. The molecule has 0 bridgehead atoms. The van der Waals surface area contributed by atoms with E-state index in [2.05, 4.69) is 27.8 Å². The molecule has 0 spiro atoms. The lowest BCUT2D eigenvalue weighted by atomic mass is 10.1. The molecule has 0 aromatic carbocycles. The van der Waals surface area contributed by atoms with Crippen LogP contribution in [0.1, 0.15) is 31.5 Å². The minimum atomic E-state index is 0. The van der Waals surface area contributed by atoms with Crippen molar-refractivity contribution in [3.63, 3.8) is 0 Å². The fourth-order valence-electron chi connectivity index (χ4n) is 1.07. The smallest absolute Gasteiger partial charge is 0.0571 e. The largest absolute Gasteiger partial charge is 0.323 e. The molecule has 0 aliphatic rings. The first-order valence-corrected chi connectivity index (χ1v) is 4.90. The van der Waals surface area contributed by atoms with Crippen LogP contribution in [0.4, 0.5) is 0 Å². The molecule has 2 N–H and O–H groups in total. The van der Waals surface area contributed by atoms with Gasteiger partial charge in [-0.05, 0) is 34.5 Å². The van der Waals surface area contributed by atoms with Gasteiger partial charge < -0.3 is 5.73 Å². The van der Waals surface area contributed by atoms with Crippen LogP contribution in [0.15, 0.2) is 22.8 Å². The summed E-state index contributed by atoms with van der Waals surface area (Å²) >= 11 is 3.33. The lowest BCUT2D eigenvalue weighted by Crippen LogP contribution is -2.11. The van der Waals surface area contributed by atoms with Gasteiger partial charge in [-0.3, -0.25) is 4.98 Å². The number of aromatic nitrogens is 1. The molecular formula is C9H14BrClN2. The fraction of sp³-hybridized carbons (Fsp3) is 0.444. The molecule has 13 heavy (non-hydrogen) atoms. The zero-order valence-corrected chi connectivity index (χ0v) is 9.94. The summed E-state index contributed by atoms with van der Waals surface area (Å²) < 4.78 is 0.995. The maximum atomic E-state index is 5.88. The highest BCUT2D eigenvalue weighted by molar-refractivity contribution is 9.10. The Balaban J connectivity index is 0.00000144. The van der Waals surface area contributed by atoms with Crippen LogP contribution >= 0.6 is 28.3 Å². The Morgan fingerprint density at radius 1 is 1.54 bits per heavy atom. The van der Waals surface area contributed by atoms with Crippen LogP contribution in [0, 0.1) is 0 Å². The van der Waals surface area contributed by atoms with Crippen molar-refractivity contribution in [2.45, 2.75) is 25.8 Å². The zero-order valence-electron chi connectivity index (χ0n) is 7.53. The number of hydrogen-bond acceptors (Lipinski definition) is 2. The third-order valence-electron chi connectivity index (χ3n) is 1.73. The summed E-state index contributed by atoms with van der Waals surface area (Å²) in [6.45, 7) is 2.12. The summed E-state index contributed by atoms with van der Waals surface area (Å²) in [5.41, 5.74) is 6.85. The summed E-state index contributed by atoms with van der Waals surface area (Å²) in [7, 11) is 0. The Morgan fingerprint density at radius 2 is 2.23 bits per heavy atom. The molecule has 4 heteroatoms. The van der Waals surface area contributed by atoms with Crippen LogP contribution in [0.2, 0.25) is 0 Å². The topological polar surface area (TPSA) is 38.9 Å². The number of hydrogen-bond donors (Lipinski definition) is 1. The molecule has 74 valence electrons. The second-order valence-electron chi connectivity index (χ2n) is 2.80. The number of nitrogens with two attached hydrogens (primary N) is 1. The summed E-state index contributed by atoms with van der Waals surface area (Å²) in [6, 6.07) is 4.02. The predicted octanol–water partition coefficient (Wildman–Crippen LogP) is 3.07. The highest BCUT2D eigenvalue weighted by Crippen LogP contribution is 2.15. The third kappa shape index (κ3) is 4.07. The monoisotopic (exact) mass is 264 g/mol. The van der Waals surface area contributed by atoms with E-state index in [1.807, 2.05) is 12.1 Å². The Kier molecular flexibility index (Phi) is 6.29. The molecule has 0 fully saturated rings. The van der Waals surface area contributed by atoms with Gasteiger partial charge in [0, 0.05) is 16.7 Å². The van der Waals surface area contributed by atoms with E-state index < -0.39 is 0 Å². The van der Waals surface area contributed by atoms with E-state index in [0.29, 0.717) is 0 Å². The Morgan fingerprint density at radius 3 is 2.69 bits per heavy atom. The first kappa shape index (κ1) is 12.9. The minimum Gasteiger partial charge on any atom is -0.323 e. The molecule has 1 rings (SSSR count). The number of nitrogens with zero attached hydrogens (tertiary/aromatic N) is 1. The first-order chi connectivity index (χ1) is 5.74. The van der Waals surface area contributed by atoms with Crippen LogP contribution in [0.25, 0.3) is 0 Å². The third-order valence-corrected chi connectivity index (χ3v) is 2.20. The van der Waals surface area contributed by atoms with Crippen LogP contribution in [0.3, 0.4) is 0 Å². The summed E-state index contributed by atoms with van der Waals surface area (Å²) in [5, 5.41) is 0. The average molecular weight is 266 g/mol. The van der Waals surface area contributed by atoms with Crippen molar-refractivity contribution in [1.82, 2.24) is 4.98 Å². The maximum Gasteiger partial charge on any atom is 0.0571 e. The first-order valence-electron chi connectivity index (χ1n) is 4.11. The van der Waals surface area contributed by atoms with Gasteiger partial charge in [0.2, 0.25) is 0 Å². The molecule has 0 saturated heterocycles. The molecule has 2 nitrogen and oxygen atoms in total. The average Bonchev–Trinajstić information content (AvgIpc) is 2.06. The van der Waals surface area contributed by atoms with Crippen molar-refractivity contribution >= 4 is 28.3 Å². The highest BCUT2D eigenvalue weighted by atomic mass is 79.9. The summed E-state index contributed by atoms with van der Waals surface area (Å²) in [5.74, 6) is 0. The standard InChI is InChI=1S/C9H13BrN2.ClH/c1-2-3-8(11)9-5-4-7(10)6-12-9;/h4-6,8H,2-3,11H2,1H3;1H/t8-;/m1./s1. The van der Waals surface area contributed by atoms with Gasteiger partial charge in [0.1, 0.15) is 0 Å². The molecule has 0 unspecified atom stereocenters. The fourth-order valence-corrected chi connectivity index (χ4v) is 1.30. The van der Waals surface area contributed by atoms with E-state index >= 15 is 0 Å². The number of rotatable bonds is 3. The van der Waals surface area contributed by atoms with Crippen LogP contribution in [0.5, 0.6) is 0 Å². The summed E-state index contributed by atoms with van der Waals surface area (Å²) in [4.78, 5) is 4.22. The van der Waals surface area contributed by atoms with Crippen molar-refractivity contribution in [3.05, 3.63) is 28.5 Å². The molecule has 1 heterocycles. The van der Waals surface area contributed by atoms with Crippen molar-refractivity contribution in [2.24, 2.45) is 5.73 Å². The van der Waals surface area contributed by atoms with E-state index in [1.54, 1.807) is 6.20 Å². The van der Waals surface area contributed by atoms with E-state index in [4.69, 9.17) is 5.73 Å². The number of halogens is 2. The van der Waals surface area contributed by atoms with Crippen molar-refractivity contribution in [1.29, 1.82) is 0 Å². The van der Waals surface area contributed by atoms with E-state index in [-0.39, 0.29) is 18.4 Å². The molecule has 0 aliphatic carbocycles. The molecule has 1 aromatic heterocycles. The highest BCUT2D eigenvalue weighted by Gasteiger charge is 2.04. The lowest BCUT2D eigenvalue weighted by molar-refractivity contribution is 0.621. The lowest BCUT2D eigenvalue weighted by Gasteiger charge is -2.08. The normalized spacial score (nSPS) is 11.9. The van der Waals surface area contributed by atoms with E-state index in [9.17, 15) is 0 Å². The second-order valence-corrected chi connectivity index (χ2v) is 3.71. The number of pyridine rings is 1. The summed E-state index contributed by atoms with van der Waals surface area (Å²) in [6.07, 6.45) is 3.87. The van der Waals surface area contributed by atoms with Gasteiger partial charge >= 0.3 is 0 Å². The minimum absolute atomic E-state index is 0.